The van der Waals surface area contributed by atoms with Crippen molar-refractivity contribution in [3.05, 3.63) is 107 Å². The van der Waals surface area contributed by atoms with Crippen LogP contribution in [0.25, 0.3) is 27.2 Å². The average Bonchev–Trinajstić information content (AvgIpc) is 3.43. The van der Waals surface area contributed by atoms with Crippen LogP contribution in [-0.2, 0) is 16.4 Å². The van der Waals surface area contributed by atoms with Gasteiger partial charge in [0.2, 0.25) is 5.41 Å². The molecule has 2 aromatic heterocycles. The molecule has 2 heterocycles. The molecule has 5 aromatic rings. The third-order valence-corrected chi connectivity index (χ3v) is 10.5. The van der Waals surface area contributed by atoms with Crippen LogP contribution in [0.5, 0.6) is 11.5 Å². The van der Waals surface area contributed by atoms with Gasteiger partial charge in [-0.15, -0.1) is 0 Å². The Kier molecular flexibility index (Phi) is 8.88. The third-order valence-electron chi connectivity index (χ3n) is 10.5. The lowest BCUT2D eigenvalue weighted by Crippen LogP contribution is -2.55. The minimum atomic E-state index is -6.08. The molecule has 0 aliphatic heterocycles. The highest BCUT2D eigenvalue weighted by Gasteiger charge is 2.72. The number of halogens is 6. The number of hydrogen-bond donors (Lipinski definition) is 2. The van der Waals surface area contributed by atoms with Gasteiger partial charge in [-0.25, -0.2) is 4.57 Å². The van der Waals surface area contributed by atoms with E-state index in [9.17, 15) is 29.4 Å². The van der Waals surface area contributed by atoms with Crippen molar-refractivity contribution in [1.29, 1.82) is 0 Å². The van der Waals surface area contributed by atoms with E-state index in [4.69, 9.17) is 0 Å². The molecule has 0 unspecified atom stereocenters. The summed E-state index contributed by atoms with van der Waals surface area (Å²) in [6.07, 6.45) is -10.6. The molecule has 0 saturated carbocycles. The third kappa shape index (κ3) is 5.36. The van der Waals surface area contributed by atoms with Crippen molar-refractivity contribution in [2.24, 2.45) is 0 Å². The van der Waals surface area contributed by atoms with Crippen LogP contribution in [0.4, 0.5) is 26.3 Å². The fourth-order valence-electron chi connectivity index (χ4n) is 7.27. The van der Waals surface area contributed by atoms with Gasteiger partial charge in [0, 0.05) is 11.1 Å². The first kappa shape index (κ1) is 37.4. The van der Waals surface area contributed by atoms with E-state index in [0.717, 1.165) is 22.8 Å². The van der Waals surface area contributed by atoms with Crippen LogP contribution in [0, 0.1) is 0 Å². The molecule has 51 heavy (non-hydrogen) atoms. The molecule has 0 aliphatic rings. The predicted octanol–water partition coefficient (Wildman–Crippen LogP) is 7.34. The van der Waals surface area contributed by atoms with Gasteiger partial charge < -0.3 is 10.2 Å². The van der Waals surface area contributed by atoms with Crippen molar-refractivity contribution in [3.63, 3.8) is 0 Å². The van der Waals surface area contributed by atoms with Gasteiger partial charge in [-0.1, -0.05) is 46.2 Å². The summed E-state index contributed by atoms with van der Waals surface area (Å²) in [4.78, 5) is 54.2. The van der Waals surface area contributed by atoms with Gasteiger partial charge >= 0.3 is 12.4 Å². The van der Waals surface area contributed by atoms with Gasteiger partial charge in [0.05, 0.1) is 27.2 Å². The molecule has 0 aliphatic carbocycles. The maximum atomic E-state index is 15.2. The number of rotatable bonds is 9. The number of hydrogen-bond acceptors (Lipinski definition) is 6. The van der Waals surface area contributed by atoms with Crippen LogP contribution in [0.3, 0.4) is 0 Å². The maximum Gasteiger partial charge on any atom is 0.411 e. The zero-order valence-electron chi connectivity index (χ0n) is 28.6. The molecule has 0 bridgehead atoms. The highest BCUT2D eigenvalue weighted by molar-refractivity contribution is 5.98. The standard InChI is InChI=1S/C37H36F6N2O6/c1-7-14-33(4,5)45-31(50)23-17-21-22(18-24(23)32(45)51)30(49)44(29(21)48)26-16-20(11-13-28(26)47)35(36(38,39)40,37(41,42)43)19-10-12-27(46)25(15-19)34(6,8-2)9-3/h10-13,15-18,46-47H,7-9,14H2,1-6H3. The van der Waals surface area contributed by atoms with Crippen LogP contribution >= 0.6 is 0 Å². The highest BCUT2D eigenvalue weighted by Crippen LogP contribution is 2.57. The summed E-state index contributed by atoms with van der Waals surface area (Å²) in [5.41, 5.74) is -14.5. The van der Waals surface area contributed by atoms with Crippen molar-refractivity contribution < 1.29 is 36.6 Å². The van der Waals surface area contributed by atoms with Crippen LogP contribution in [0.1, 0.15) is 83.9 Å². The average molecular weight is 719 g/mol. The first-order valence-electron chi connectivity index (χ1n) is 16.3. The molecule has 3 aromatic carbocycles. The molecule has 5 rings (SSSR count). The van der Waals surface area contributed by atoms with E-state index in [1.807, 2.05) is 6.92 Å². The number of alkyl halides is 6. The largest absolute Gasteiger partial charge is 0.508 e. The second-order valence-corrected chi connectivity index (χ2v) is 13.8. The second-order valence-electron chi connectivity index (χ2n) is 13.8. The van der Waals surface area contributed by atoms with Crippen molar-refractivity contribution >= 4 is 21.5 Å². The van der Waals surface area contributed by atoms with Gasteiger partial charge in [0.15, 0.2) is 0 Å². The fourth-order valence-corrected chi connectivity index (χ4v) is 7.27. The number of aromatic hydroxyl groups is 2. The Morgan fingerprint density at radius 3 is 1.47 bits per heavy atom. The van der Waals surface area contributed by atoms with E-state index in [-0.39, 0.29) is 39.8 Å². The summed E-state index contributed by atoms with van der Waals surface area (Å²) >= 11 is 0. The summed E-state index contributed by atoms with van der Waals surface area (Å²) in [5, 5.41) is 20.1. The Hall–Kier alpha value is -4.88. The van der Waals surface area contributed by atoms with E-state index in [1.54, 1.807) is 34.6 Å². The smallest absolute Gasteiger partial charge is 0.411 e. The van der Waals surface area contributed by atoms with E-state index in [2.05, 4.69) is 0 Å². The van der Waals surface area contributed by atoms with Crippen molar-refractivity contribution in [3.8, 4) is 17.2 Å². The molecule has 0 fully saturated rings. The lowest BCUT2D eigenvalue weighted by atomic mass is 9.70. The first-order valence-corrected chi connectivity index (χ1v) is 16.3. The monoisotopic (exact) mass is 718 g/mol. The summed E-state index contributed by atoms with van der Waals surface area (Å²) in [7, 11) is 0. The normalized spacial score (nSPS) is 13.5. The number of phenolic OH excluding ortho intramolecular Hbond substituents is 2. The molecule has 0 amide bonds. The zero-order chi connectivity index (χ0) is 38.2. The molecule has 0 radical (unpaired) electrons. The summed E-state index contributed by atoms with van der Waals surface area (Å²) in [6, 6.07) is 5.15. The first-order chi connectivity index (χ1) is 23.5. The van der Waals surface area contributed by atoms with Crippen LogP contribution in [0.2, 0.25) is 0 Å². The van der Waals surface area contributed by atoms with Gasteiger partial charge in [0.25, 0.3) is 22.2 Å². The van der Waals surface area contributed by atoms with Crippen LogP contribution in [-0.4, -0.2) is 31.7 Å². The predicted molar refractivity (Wildman–Crippen MR) is 181 cm³/mol. The lowest BCUT2D eigenvalue weighted by Gasteiger charge is -2.39. The van der Waals surface area contributed by atoms with Crippen LogP contribution in [0.15, 0.2) is 67.7 Å². The van der Waals surface area contributed by atoms with Crippen molar-refractivity contribution in [2.75, 3.05) is 0 Å². The molecule has 2 N–H and O–H groups in total. The summed E-state index contributed by atoms with van der Waals surface area (Å²) in [6.45, 7) is 10.1. The van der Waals surface area contributed by atoms with Crippen LogP contribution < -0.4 is 22.2 Å². The molecule has 272 valence electrons. The molecule has 8 nitrogen and oxygen atoms in total. The molecule has 14 heteroatoms. The van der Waals surface area contributed by atoms with Gasteiger partial charge in [0.1, 0.15) is 11.5 Å². The Morgan fingerprint density at radius 1 is 0.608 bits per heavy atom. The Labute approximate surface area is 286 Å². The van der Waals surface area contributed by atoms with E-state index in [1.165, 1.54) is 0 Å². The topological polar surface area (TPSA) is 119 Å². The molecular weight excluding hydrogens is 682 g/mol. The number of fused-ring (bicyclic) bond motifs is 2. The Morgan fingerprint density at radius 2 is 1.04 bits per heavy atom. The molecule has 0 saturated heterocycles. The minimum Gasteiger partial charge on any atom is -0.508 e. The number of phenols is 2. The molecule has 0 spiro atoms. The number of benzene rings is 3. The Balaban J connectivity index is 1.84. The number of nitrogens with zero attached hydrogens (tertiary/aromatic N) is 2. The minimum absolute atomic E-state index is 0.143. The van der Waals surface area contributed by atoms with E-state index >= 15 is 26.3 Å². The van der Waals surface area contributed by atoms with Crippen molar-refractivity contribution in [2.45, 2.75) is 95.9 Å². The van der Waals surface area contributed by atoms with Gasteiger partial charge in [-0.05, 0) is 86.1 Å². The molecular formula is C37H36F6N2O6. The van der Waals surface area contributed by atoms with Gasteiger partial charge in [-0.3, -0.25) is 23.7 Å². The summed E-state index contributed by atoms with van der Waals surface area (Å²) in [5.74, 6) is -1.49. The van der Waals surface area contributed by atoms with Crippen molar-refractivity contribution in [1.82, 2.24) is 9.13 Å². The second kappa shape index (κ2) is 12.1. The SMILES string of the molecule is CCCC(C)(C)n1c(=O)c2cc3c(=O)n(-c4cc(C(c5ccc(O)c(C(C)(CC)CC)c5)(C(F)(F)F)C(F)(F)F)ccc4O)c(=O)c3cc2c1=O. The van der Waals surface area contributed by atoms with E-state index < -0.39 is 90.0 Å². The highest BCUT2D eigenvalue weighted by atomic mass is 19.4. The maximum absolute atomic E-state index is 15.2. The number of aromatic nitrogens is 2. The fraction of sp³-hybridized carbons (Fsp3) is 0.405. The van der Waals surface area contributed by atoms with E-state index in [0.29, 0.717) is 37.1 Å². The summed E-state index contributed by atoms with van der Waals surface area (Å²) < 4.78 is 92.6. The Bertz CT molecular complexity index is 2300. The van der Waals surface area contributed by atoms with Gasteiger partial charge in [-0.2, -0.15) is 26.3 Å². The lowest BCUT2D eigenvalue weighted by molar-refractivity contribution is -0.288. The molecule has 0 atom stereocenters. The quantitative estimate of drug-likeness (QED) is 0.154. The zero-order valence-corrected chi connectivity index (χ0v) is 28.6.